The number of fused-ring (bicyclic) bond motifs is 6. The van der Waals surface area contributed by atoms with E-state index in [9.17, 15) is 4.11 Å². The number of aromatic nitrogens is 3. The lowest BCUT2D eigenvalue weighted by atomic mass is 9.98. The monoisotopic (exact) mass is 747 g/mol. The van der Waals surface area contributed by atoms with E-state index in [0.717, 1.165) is 44.7 Å². The topological polar surface area (TPSA) is 51.8 Å². The van der Waals surface area contributed by atoms with Crippen molar-refractivity contribution in [3.63, 3.8) is 0 Å². The van der Waals surface area contributed by atoms with Crippen LogP contribution >= 0.6 is 11.3 Å². The molecule has 0 unspecified atom stereocenters. The molecule has 0 aliphatic rings. The summed E-state index contributed by atoms with van der Waals surface area (Å²) in [6.07, 6.45) is 0. The summed E-state index contributed by atoms with van der Waals surface area (Å²) in [6, 6.07) is 26.6. The van der Waals surface area contributed by atoms with Gasteiger partial charge >= 0.3 is 0 Å². The van der Waals surface area contributed by atoms with Crippen LogP contribution in [0.4, 0.5) is 0 Å². The standard InChI is InChI=1S/C51H31N3OS/c1-2-9-32(10-3-1)33-17-19-34(20-18-33)35-21-23-36(24-22-35)37-25-27-38(28-26-37)49-52-50(39-29-30-41-40-11-4-6-15-45(40)55-46(41)31-39)54-51(53-49)44-14-8-13-43-42-12-5-7-16-47(42)56-48(43)44/h1-31H/i4D,5D,6D,7D,8D,11D,12D,13D,14D,15D,16D,29D,30D,31D. The summed E-state index contributed by atoms with van der Waals surface area (Å²) in [5.74, 6) is -0.604. The first-order chi connectivity index (χ1) is 33.5. The minimum Gasteiger partial charge on any atom is -0.456 e. The molecule has 0 aliphatic heterocycles. The van der Waals surface area contributed by atoms with E-state index >= 15 is 0 Å². The number of hydrogen-bond acceptors (Lipinski definition) is 5. The quantitative estimate of drug-likeness (QED) is 0.170. The van der Waals surface area contributed by atoms with Crippen LogP contribution in [0, 0.1) is 0 Å². The highest BCUT2D eigenvalue weighted by atomic mass is 32.1. The minimum atomic E-state index is -0.583. The first kappa shape index (κ1) is 21.0. The van der Waals surface area contributed by atoms with Gasteiger partial charge in [0.1, 0.15) is 11.2 Å². The van der Waals surface area contributed by atoms with Crippen molar-refractivity contribution in [1.29, 1.82) is 0 Å². The molecule has 0 saturated carbocycles. The third kappa shape index (κ3) is 5.65. The summed E-state index contributed by atoms with van der Waals surface area (Å²) in [7, 11) is 0. The Bertz CT molecular complexity index is 4030. The Kier molecular flexibility index (Phi) is 4.98. The summed E-state index contributed by atoms with van der Waals surface area (Å²) in [5.41, 5.74) is 5.45. The smallest absolute Gasteiger partial charge is 0.165 e. The molecule has 262 valence electrons. The zero-order chi connectivity index (χ0) is 49.2. The Morgan fingerprint density at radius 2 is 0.911 bits per heavy atom. The summed E-state index contributed by atoms with van der Waals surface area (Å²) >= 11 is 0.884. The Labute approximate surface area is 346 Å². The van der Waals surface area contributed by atoms with Gasteiger partial charge < -0.3 is 4.42 Å². The lowest BCUT2D eigenvalue weighted by Gasteiger charge is -2.10. The fourth-order valence-electron chi connectivity index (χ4n) is 6.78. The number of para-hydroxylation sites is 1. The highest BCUT2D eigenvalue weighted by Gasteiger charge is 2.18. The number of hydrogen-bond donors (Lipinski definition) is 0. The summed E-state index contributed by atoms with van der Waals surface area (Å²) < 4.78 is 129. The lowest BCUT2D eigenvalue weighted by Crippen LogP contribution is -2.00. The van der Waals surface area contributed by atoms with Crippen molar-refractivity contribution in [2.45, 2.75) is 0 Å². The lowest BCUT2D eigenvalue weighted by molar-refractivity contribution is 0.669. The second kappa shape index (κ2) is 13.3. The molecule has 0 radical (unpaired) electrons. The van der Waals surface area contributed by atoms with Gasteiger partial charge in [-0.05, 0) is 63.6 Å². The Balaban J connectivity index is 1.09. The van der Waals surface area contributed by atoms with Gasteiger partial charge in [-0.3, -0.25) is 0 Å². The maximum absolute atomic E-state index is 9.40. The molecule has 56 heavy (non-hydrogen) atoms. The van der Waals surface area contributed by atoms with E-state index < -0.39 is 78.6 Å². The first-order valence-corrected chi connectivity index (χ1v) is 18.3. The Morgan fingerprint density at radius 3 is 1.59 bits per heavy atom. The maximum Gasteiger partial charge on any atom is 0.165 e. The average Bonchev–Trinajstić information content (AvgIpc) is 3.99. The molecule has 4 nitrogen and oxygen atoms in total. The number of nitrogens with zero attached hydrogens (tertiary/aromatic N) is 3. The number of thiophene rings is 1. The molecule has 0 saturated heterocycles. The molecule has 3 aromatic heterocycles. The zero-order valence-corrected chi connectivity index (χ0v) is 29.8. The van der Waals surface area contributed by atoms with Crippen LogP contribution in [-0.2, 0) is 0 Å². The molecule has 0 amide bonds. The molecule has 0 N–H and O–H groups in total. The number of furan rings is 1. The maximum atomic E-state index is 9.40. The van der Waals surface area contributed by atoms with Crippen molar-refractivity contribution >= 4 is 53.4 Å². The summed E-state index contributed by atoms with van der Waals surface area (Å²) in [6.45, 7) is 0. The number of rotatable bonds is 6. The van der Waals surface area contributed by atoms with Gasteiger partial charge in [0.15, 0.2) is 17.5 Å². The Hall–Kier alpha value is -7.21. The Morgan fingerprint density at radius 1 is 0.393 bits per heavy atom. The van der Waals surface area contributed by atoms with Gasteiger partial charge in [0, 0.05) is 47.6 Å². The molecule has 0 atom stereocenters. The predicted molar refractivity (Wildman–Crippen MR) is 233 cm³/mol. The third-order valence-corrected chi connectivity index (χ3v) is 10.7. The van der Waals surface area contributed by atoms with Gasteiger partial charge in [-0.1, -0.05) is 158 Å². The van der Waals surface area contributed by atoms with E-state index in [1.165, 1.54) is 0 Å². The van der Waals surface area contributed by atoms with Crippen molar-refractivity contribution in [3.8, 4) is 67.5 Å². The first-order valence-electron chi connectivity index (χ1n) is 24.5. The molecular weight excluding hydrogens is 703 g/mol. The molecule has 11 rings (SSSR count). The van der Waals surface area contributed by atoms with Gasteiger partial charge in [0.25, 0.3) is 0 Å². The predicted octanol–water partition coefficient (Wildman–Crippen LogP) is 14.1. The van der Waals surface area contributed by atoms with Gasteiger partial charge in [-0.25, -0.2) is 15.0 Å². The molecule has 0 fully saturated rings. The van der Waals surface area contributed by atoms with E-state index in [1.54, 1.807) is 12.1 Å². The van der Waals surface area contributed by atoms with E-state index in [1.807, 2.05) is 54.6 Å². The summed E-state index contributed by atoms with van der Waals surface area (Å²) in [5, 5.41) is -0.354. The van der Waals surface area contributed by atoms with E-state index in [0.29, 0.717) is 5.56 Å². The highest BCUT2D eigenvalue weighted by Crippen LogP contribution is 2.40. The molecule has 5 heteroatoms. The minimum absolute atomic E-state index is 0.00453. The molecule has 11 aromatic rings. The van der Waals surface area contributed by atoms with Crippen molar-refractivity contribution in [1.82, 2.24) is 15.0 Å². The van der Waals surface area contributed by atoms with Gasteiger partial charge in [0.2, 0.25) is 0 Å². The van der Waals surface area contributed by atoms with Crippen LogP contribution in [-0.4, -0.2) is 15.0 Å². The highest BCUT2D eigenvalue weighted by molar-refractivity contribution is 7.26. The van der Waals surface area contributed by atoms with Crippen LogP contribution in [0.5, 0.6) is 0 Å². The molecule has 3 heterocycles. The van der Waals surface area contributed by atoms with Gasteiger partial charge in [-0.15, -0.1) is 11.3 Å². The molecule has 0 aliphatic carbocycles. The van der Waals surface area contributed by atoms with E-state index in [2.05, 4.69) is 41.4 Å². The second-order valence-corrected chi connectivity index (χ2v) is 13.9. The van der Waals surface area contributed by atoms with Crippen molar-refractivity contribution in [2.75, 3.05) is 0 Å². The van der Waals surface area contributed by atoms with Crippen LogP contribution in [0.15, 0.2) is 192 Å². The van der Waals surface area contributed by atoms with Gasteiger partial charge in [0.05, 0.1) is 19.2 Å². The van der Waals surface area contributed by atoms with E-state index in [-0.39, 0.29) is 76.8 Å². The fourth-order valence-corrected chi connectivity index (χ4v) is 7.84. The SMILES string of the molecule is [2H]c1c([2H])c([2H])c2c(oc3c([2H])c(-c4nc(-c5ccc(-c6ccc(-c7ccc(-c8ccccc8)cc7)cc6)cc5)nc(-c5c([2H])c([2H])c([2H])c6c5sc5c([2H])c([2H])c([2H])c([2H])c56)n4)c([2H])c([2H])c32)c1[2H]. The van der Waals surface area contributed by atoms with Crippen LogP contribution in [0.2, 0.25) is 0 Å². The van der Waals surface area contributed by atoms with Crippen molar-refractivity contribution < 1.29 is 23.6 Å². The van der Waals surface area contributed by atoms with Crippen molar-refractivity contribution in [3.05, 3.63) is 188 Å². The second-order valence-electron chi connectivity index (χ2n) is 12.9. The van der Waals surface area contributed by atoms with Crippen LogP contribution < -0.4 is 0 Å². The normalized spacial score (nSPS) is 15.1. The van der Waals surface area contributed by atoms with Crippen LogP contribution in [0.3, 0.4) is 0 Å². The molecule has 0 spiro atoms. The largest absolute Gasteiger partial charge is 0.456 e. The number of benzene rings is 8. The van der Waals surface area contributed by atoms with Crippen LogP contribution in [0.25, 0.3) is 110 Å². The molecule has 8 aromatic carbocycles. The van der Waals surface area contributed by atoms with E-state index in [4.69, 9.17) is 29.5 Å². The molecular formula is C51H31N3OS. The van der Waals surface area contributed by atoms with Gasteiger partial charge in [-0.2, -0.15) is 0 Å². The molecule has 0 bridgehead atoms. The zero-order valence-electron chi connectivity index (χ0n) is 43.0. The third-order valence-electron chi connectivity index (χ3n) is 9.59. The average molecular weight is 748 g/mol. The fraction of sp³-hybridized carbons (Fsp3) is 0. The summed E-state index contributed by atoms with van der Waals surface area (Å²) in [4.78, 5) is 14.2. The van der Waals surface area contributed by atoms with Crippen molar-refractivity contribution in [2.24, 2.45) is 0 Å². The van der Waals surface area contributed by atoms with Crippen LogP contribution in [0.1, 0.15) is 19.2 Å².